The number of carboxylic acid groups (broad SMARTS) is 1. The Morgan fingerprint density at radius 1 is 0.944 bits per heavy atom. The number of morpholine rings is 1. The lowest BCUT2D eigenvalue weighted by Crippen LogP contribution is -2.38. The Morgan fingerprint density at radius 3 is 2.53 bits per heavy atom. The predicted molar refractivity (Wildman–Crippen MR) is 140 cm³/mol. The number of hydrogen-bond donors (Lipinski definition) is 1. The van der Waals surface area contributed by atoms with E-state index in [1.54, 1.807) is 12.1 Å². The summed E-state index contributed by atoms with van der Waals surface area (Å²) in [5, 5.41) is 11.5. The molecule has 0 saturated carbocycles. The van der Waals surface area contributed by atoms with Crippen LogP contribution in [0.15, 0.2) is 60.7 Å². The summed E-state index contributed by atoms with van der Waals surface area (Å²) >= 11 is 0. The third-order valence-electron chi connectivity index (χ3n) is 7.02. The lowest BCUT2D eigenvalue weighted by Gasteiger charge is -2.27. The normalized spacial score (nSPS) is 14.7. The highest BCUT2D eigenvalue weighted by molar-refractivity contribution is 6.09. The van der Waals surface area contributed by atoms with Gasteiger partial charge < -0.3 is 23.7 Å². The summed E-state index contributed by atoms with van der Waals surface area (Å²) in [4.78, 5) is 18.4. The Labute approximate surface area is 208 Å². The standard InChI is InChI=1S/C28H28N4O4/c1-2-31-24-6-4-3-5-21(24)22-17-19(7-9-25(22)31)27-29-23-18-20(36-28(33)34)8-10-26(23)32(27)12-11-30-13-15-35-16-14-30/h3-10,17-18H,2,11-16H2,1H3,(H,33,34). The molecule has 1 saturated heterocycles. The Hall–Kier alpha value is -3.88. The van der Waals surface area contributed by atoms with Gasteiger partial charge in [-0.2, -0.15) is 0 Å². The quantitative estimate of drug-likeness (QED) is 0.263. The fourth-order valence-corrected chi connectivity index (χ4v) is 5.32. The van der Waals surface area contributed by atoms with Gasteiger partial charge in [0.25, 0.3) is 0 Å². The molecule has 1 aliphatic rings. The van der Waals surface area contributed by atoms with Gasteiger partial charge in [0.05, 0.1) is 24.2 Å². The van der Waals surface area contributed by atoms with Gasteiger partial charge in [-0.1, -0.05) is 18.2 Å². The number of aryl methyl sites for hydroxylation is 1. The number of hydrogen-bond acceptors (Lipinski definition) is 5. The molecule has 0 atom stereocenters. The predicted octanol–water partition coefficient (Wildman–Crippen LogP) is 5.22. The van der Waals surface area contributed by atoms with Crippen molar-refractivity contribution in [1.82, 2.24) is 19.0 Å². The number of carbonyl (C=O) groups is 1. The van der Waals surface area contributed by atoms with Crippen LogP contribution in [0.2, 0.25) is 0 Å². The van der Waals surface area contributed by atoms with Crippen molar-refractivity contribution in [2.75, 3.05) is 32.8 Å². The van der Waals surface area contributed by atoms with Gasteiger partial charge >= 0.3 is 6.16 Å². The molecule has 3 heterocycles. The van der Waals surface area contributed by atoms with Crippen LogP contribution in [0.4, 0.5) is 4.79 Å². The van der Waals surface area contributed by atoms with Crippen molar-refractivity contribution < 1.29 is 19.4 Å². The number of fused-ring (bicyclic) bond motifs is 4. The maximum Gasteiger partial charge on any atom is 0.511 e. The number of aromatic nitrogens is 3. The van der Waals surface area contributed by atoms with Crippen LogP contribution < -0.4 is 4.74 Å². The molecular weight excluding hydrogens is 456 g/mol. The summed E-state index contributed by atoms with van der Waals surface area (Å²) in [6.45, 7) is 8.06. The first-order valence-corrected chi connectivity index (χ1v) is 12.3. The fourth-order valence-electron chi connectivity index (χ4n) is 5.32. The molecule has 184 valence electrons. The van der Waals surface area contributed by atoms with E-state index in [0.29, 0.717) is 5.52 Å². The first kappa shape index (κ1) is 22.6. The summed E-state index contributed by atoms with van der Waals surface area (Å²) in [5.74, 6) is 1.13. The number of imidazole rings is 1. The second-order valence-electron chi connectivity index (χ2n) is 9.05. The Balaban J connectivity index is 1.48. The van der Waals surface area contributed by atoms with Crippen LogP contribution in [0.3, 0.4) is 0 Å². The molecule has 6 rings (SSSR count). The Kier molecular flexibility index (Phi) is 5.83. The van der Waals surface area contributed by atoms with E-state index in [4.69, 9.17) is 19.6 Å². The number of ether oxygens (including phenoxy) is 2. The second-order valence-corrected chi connectivity index (χ2v) is 9.05. The van der Waals surface area contributed by atoms with E-state index >= 15 is 0 Å². The molecule has 0 radical (unpaired) electrons. The smallest absolute Gasteiger partial charge is 0.449 e. The lowest BCUT2D eigenvalue weighted by atomic mass is 10.1. The molecule has 0 bridgehead atoms. The van der Waals surface area contributed by atoms with Gasteiger partial charge in [-0.05, 0) is 43.3 Å². The first-order valence-electron chi connectivity index (χ1n) is 12.3. The van der Waals surface area contributed by atoms with Gasteiger partial charge in [-0.25, -0.2) is 9.78 Å². The minimum Gasteiger partial charge on any atom is -0.449 e. The third-order valence-corrected chi connectivity index (χ3v) is 7.02. The van der Waals surface area contributed by atoms with Crippen LogP contribution in [0.25, 0.3) is 44.2 Å². The molecule has 0 spiro atoms. The molecule has 1 N–H and O–H groups in total. The highest BCUT2D eigenvalue weighted by Crippen LogP contribution is 2.34. The van der Waals surface area contributed by atoms with Crippen LogP contribution in [-0.2, 0) is 17.8 Å². The highest BCUT2D eigenvalue weighted by atomic mass is 16.7. The number of para-hydroxylation sites is 1. The number of nitrogens with zero attached hydrogens (tertiary/aromatic N) is 4. The van der Waals surface area contributed by atoms with Crippen molar-refractivity contribution in [3.05, 3.63) is 60.7 Å². The van der Waals surface area contributed by atoms with Gasteiger partial charge in [0.15, 0.2) is 0 Å². The average Bonchev–Trinajstić information content (AvgIpc) is 3.42. The van der Waals surface area contributed by atoms with Crippen molar-refractivity contribution in [3.63, 3.8) is 0 Å². The monoisotopic (exact) mass is 484 g/mol. The average molecular weight is 485 g/mol. The first-order chi connectivity index (χ1) is 17.6. The zero-order valence-electron chi connectivity index (χ0n) is 20.2. The molecule has 36 heavy (non-hydrogen) atoms. The maximum absolute atomic E-state index is 11.1. The molecule has 3 aromatic carbocycles. The van der Waals surface area contributed by atoms with E-state index in [1.807, 2.05) is 6.07 Å². The minimum absolute atomic E-state index is 0.265. The van der Waals surface area contributed by atoms with E-state index in [1.165, 1.54) is 21.8 Å². The largest absolute Gasteiger partial charge is 0.511 e. The summed E-state index contributed by atoms with van der Waals surface area (Å²) in [6, 6.07) is 20.3. The zero-order valence-corrected chi connectivity index (χ0v) is 20.2. The molecular formula is C28H28N4O4. The zero-order chi connectivity index (χ0) is 24.6. The number of rotatable bonds is 6. The summed E-state index contributed by atoms with van der Waals surface area (Å²) in [6.07, 6.45) is -1.33. The molecule has 0 aliphatic carbocycles. The van der Waals surface area contributed by atoms with Gasteiger partial charge in [-0.3, -0.25) is 4.90 Å². The molecule has 8 nitrogen and oxygen atoms in total. The van der Waals surface area contributed by atoms with Crippen molar-refractivity contribution in [2.24, 2.45) is 0 Å². The fraction of sp³-hybridized carbons (Fsp3) is 0.286. The summed E-state index contributed by atoms with van der Waals surface area (Å²) < 4.78 is 15.0. The van der Waals surface area contributed by atoms with Gasteiger partial charge in [0, 0.05) is 66.2 Å². The Morgan fingerprint density at radius 2 is 1.72 bits per heavy atom. The van der Waals surface area contributed by atoms with Gasteiger partial charge in [0.2, 0.25) is 0 Å². The molecule has 1 aliphatic heterocycles. The van der Waals surface area contributed by atoms with E-state index < -0.39 is 6.16 Å². The highest BCUT2D eigenvalue weighted by Gasteiger charge is 2.18. The van der Waals surface area contributed by atoms with Crippen LogP contribution >= 0.6 is 0 Å². The van der Waals surface area contributed by atoms with E-state index in [2.05, 4.69) is 63.4 Å². The van der Waals surface area contributed by atoms with Crippen LogP contribution in [-0.4, -0.2) is 63.1 Å². The molecule has 0 amide bonds. The van der Waals surface area contributed by atoms with E-state index in [0.717, 1.165) is 62.8 Å². The van der Waals surface area contributed by atoms with Gasteiger partial charge in [0.1, 0.15) is 11.6 Å². The molecule has 8 heteroatoms. The summed E-state index contributed by atoms with van der Waals surface area (Å²) in [5.41, 5.74) is 5.12. The molecule has 5 aromatic rings. The van der Waals surface area contributed by atoms with Crippen LogP contribution in [0.5, 0.6) is 5.75 Å². The van der Waals surface area contributed by atoms with Gasteiger partial charge in [-0.15, -0.1) is 0 Å². The molecule has 1 fully saturated rings. The van der Waals surface area contributed by atoms with Crippen LogP contribution in [0, 0.1) is 0 Å². The van der Waals surface area contributed by atoms with Crippen LogP contribution in [0.1, 0.15) is 6.92 Å². The third kappa shape index (κ3) is 3.98. The van der Waals surface area contributed by atoms with Crippen molar-refractivity contribution in [3.8, 4) is 17.1 Å². The second kappa shape index (κ2) is 9.29. The topological polar surface area (TPSA) is 81.8 Å². The SMILES string of the molecule is CCn1c2ccccc2c2cc(-c3nc4cc(OC(=O)O)ccc4n3CCN3CCOCC3)ccc21. The minimum atomic E-state index is -1.33. The maximum atomic E-state index is 11.1. The van der Waals surface area contributed by atoms with E-state index in [-0.39, 0.29) is 5.75 Å². The number of benzene rings is 3. The van der Waals surface area contributed by atoms with Crippen molar-refractivity contribution >= 4 is 39.0 Å². The summed E-state index contributed by atoms with van der Waals surface area (Å²) in [7, 11) is 0. The molecule has 2 aromatic heterocycles. The lowest BCUT2D eigenvalue weighted by molar-refractivity contribution is 0.0366. The molecule has 0 unspecified atom stereocenters. The van der Waals surface area contributed by atoms with E-state index in [9.17, 15) is 4.79 Å². The van der Waals surface area contributed by atoms with Crippen molar-refractivity contribution in [1.29, 1.82) is 0 Å². The van der Waals surface area contributed by atoms with Crippen molar-refractivity contribution in [2.45, 2.75) is 20.0 Å². The Bertz CT molecular complexity index is 1580.